The number of benzene rings is 1. The van der Waals surface area contributed by atoms with Gasteiger partial charge in [0, 0.05) is 9.86 Å². The van der Waals surface area contributed by atoms with Crippen molar-refractivity contribution in [3.05, 3.63) is 34.5 Å². The lowest BCUT2D eigenvalue weighted by atomic mass is 10.2. The summed E-state index contributed by atoms with van der Waals surface area (Å²) in [5, 5.41) is 10.3. The first-order valence-corrected chi connectivity index (χ1v) is 4.83. The topological polar surface area (TPSA) is 33.4 Å². The van der Waals surface area contributed by atoms with Gasteiger partial charge in [-0.3, -0.25) is 0 Å². The summed E-state index contributed by atoms with van der Waals surface area (Å²) in [4.78, 5) is 0. The third kappa shape index (κ3) is 1.62. The quantitative estimate of drug-likeness (QED) is 0.831. The molecule has 0 amide bonds. The third-order valence-electron chi connectivity index (χ3n) is 1.91. The van der Waals surface area contributed by atoms with Gasteiger partial charge in [0.15, 0.2) is 0 Å². The Labute approximate surface area is 84.3 Å². The van der Waals surface area contributed by atoms with Gasteiger partial charge in [0.1, 0.15) is 17.4 Å². The normalized spacial score (nSPS) is 13.5. The molecule has 0 bridgehead atoms. The summed E-state index contributed by atoms with van der Waals surface area (Å²) in [6.45, 7) is 1.69. The SMILES string of the molecule is C[C@@H](O)c1cc2cc(Br)ccc2o1. The average Bonchev–Trinajstić information content (AvgIpc) is 2.46. The van der Waals surface area contributed by atoms with E-state index in [1.165, 1.54) is 0 Å². The Hall–Kier alpha value is -0.800. The molecular weight excluding hydrogens is 232 g/mol. The lowest BCUT2D eigenvalue weighted by Gasteiger charge is -1.95. The van der Waals surface area contributed by atoms with Crippen LogP contribution in [0.5, 0.6) is 0 Å². The molecule has 0 aliphatic rings. The molecule has 1 N–H and O–H groups in total. The number of hydrogen-bond acceptors (Lipinski definition) is 2. The highest BCUT2D eigenvalue weighted by molar-refractivity contribution is 9.10. The predicted octanol–water partition coefficient (Wildman–Crippen LogP) is 3.25. The summed E-state index contributed by atoms with van der Waals surface area (Å²) >= 11 is 3.37. The van der Waals surface area contributed by atoms with Gasteiger partial charge in [-0.25, -0.2) is 0 Å². The summed E-state index contributed by atoms with van der Waals surface area (Å²) in [5.74, 6) is 0.605. The highest BCUT2D eigenvalue weighted by Crippen LogP contribution is 2.26. The maximum atomic E-state index is 9.29. The number of halogens is 1. The van der Waals surface area contributed by atoms with Crippen LogP contribution in [0, 0.1) is 0 Å². The summed E-state index contributed by atoms with van der Waals surface area (Å²) in [6.07, 6.45) is -0.550. The minimum Gasteiger partial charge on any atom is -0.458 e. The second kappa shape index (κ2) is 3.16. The van der Waals surface area contributed by atoms with Crippen LogP contribution in [0.25, 0.3) is 11.0 Å². The monoisotopic (exact) mass is 240 g/mol. The van der Waals surface area contributed by atoms with Crippen LogP contribution in [0.2, 0.25) is 0 Å². The van der Waals surface area contributed by atoms with Crippen LogP contribution in [0.1, 0.15) is 18.8 Å². The van der Waals surface area contributed by atoms with Crippen LogP contribution in [0.4, 0.5) is 0 Å². The Morgan fingerprint density at radius 3 is 2.85 bits per heavy atom. The third-order valence-corrected chi connectivity index (χ3v) is 2.40. The van der Waals surface area contributed by atoms with Gasteiger partial charge >= 0.3 is 0 Å². The zero-order chi connectivity index (χ0) is 9.42. The van der Waals surface area contributed by atoms with Crippen molar-refractivity contribution in [3.63, 3.8) is 0 Å². The molecule has 1 aromatic carbocycles. The molecule has 2 aromatic rings. The Bertz CT molecular complexity index is 431. The van der Waals surface area contributed by atoms with Crippen LogP contribution < -0.4 is 0 Å². The standard InChI is InChI=1S/C10H9BrO2/c1-6(12)10-5-7-4-8(11)2-3-9(7)13-10/h2-6,12H,1H3/t6-/m1/s1. The van der Waals surface area contributed by atoms with E-state index in [-0.39, 0.29) is 0 Å². The lowest BCUT2D eigenvalue weighted by Crippen LogP contribution is -1.85. The van der Waals surface area contributed by atoms with E-state index in [0.29, 0.717) is 5.76 Å². The van der Waals surface area contributed by atoms with Gasteiger partial charge in [-0.1, -0.05) is 15.9 Å². The van der Waals surface area contributed by atoms with Crippen molar-refractivity contribution < 1.29 is 9.52 Å². The van der Waals surface area contributed by atoms with Crippen molar-refractivity contribution in [3.8, 4) is 0 Å². The van der Waals surface area contributed by atoms with Gasteiger partial charge in [-0.05, 0) is 31.2 Å². The molecule has 1 heterocycles. The van der Waals surface area contributed by atoms with E-state index < -0.39 is 6.10 Å². The van der Waals surface area contributed by atoms with Gasteiger partial charge in [0.2, 0.25) is 0 Å². The highest BCUT2D eigenvalue weighted by atomic mass is 79.9. The molecule has 0 fully saturated rings. The Balaban J connectivity index is 2.62. The molecule has 3 heteroatoms. The highest BCUT2D eigenvalue weighted by Gasteiger charge is 2.07. The number of furan rings is 1. The maximum absolute atomic E-state index is 9.29. The molecular formula is C10H9BrO2. The first kappa shape index (κ1) is 8.78. The second-order valence-electron chi connectivity index (χ2n) is 3.01. The van der Waals surface area contributed by atoms with Gasteiger partial charge < -0.3 is 9.52 Å². The second-order valence-corrected chi connectivity index (χ2v) is 3.92. The molecule has 2 rings (SSSR count). The smallest absolute Gasteiger partial charge is 0.134 e. The minimum atomic E-state index is -0.550. The number of rotatable bonds is 1. The van der Waals surface area contributed by atoms with Gasteiger partial charge in [0.25, 0.3) is 0 Å². The minimum absolute atomic E-state index is 0.550. The Kier molecular flexibility index (Phi) is 2.14. The van der Waals surface area contributed by atoms with Crippen molar-refractivity contribution in [2.75, 3.05) is 0 Å². The van der Waals surface area contributed by atoms with Crippen molar-refractivity contribution in [1.82, 2.24) is 0 Å². The van der Waals surface area contributed by atoms with Crippen LogP contribution in [-0.4, -0.2) is 5.11 Å². The van der Waals surface area contributed by atoms with Crippen LogP contribution in [0.3, 0.4) is 0 Å². The van der Waals surface area contributed by atoms with Crippen LogP contribution in [-0.2, 0) is 0 Å². The molecule has 0 aliphatic heterocycles. The fourth-order valence-corrected chi connectivity index (χ4v) is 1.62. The first-order valence-electron chi connectivity index (χ1n) is 4.04. The summed E-state index contributed by atoms with van der Waals surface area (Å²) in [7, 11) is 0. The molecule has 68 valence electrons. The van der Waals surface area contributed by atoms with E-state index in [1.54, 1.807) is 6.92 Å². The molecule has 2 nitrogen and oxygen atoms in total. The zero-order valence-corrected chi connectivity index (χ0v) is 8.71. The fourth-order valence-electron chi connectivity index (χ4n) is 1.24. The summed E-state index contributed by atoms with van der Waals surface area (Å²) < 4.78 is 6.43. The number of aliphatic hydroxyl groups is 1. The van der Waals surface area contributed by atoms with Gasteiger partial charge in [-0.2, -0.15) is 0 Å². The number of hydrogen-bond donors (Lipinski definition) is 1. The first-order chi connectivity index (χ1) is 6.16. The molecule has 0 saturated heterocycles. The lowest BCUT2D eigenvalue weighted by molar-refractivity contribution is 0.172. The van der Waals surface area contributed by atoms with Crippen molar-refractivity contribution >= 4 is 26.9 Å². The van der Waals surface area contributed by atoms with E-state index in [1.807, 2.05) is 24.3 Å². The van der Waals surface area contributed by atoms with E-state index >= 15 is 0 Å². The summed E-state index contributed by atoms with van der Waals surface area (Å²) in [5.41, 5.74) is 0.805. The van der Waals surface area contributed by atoms with E-state index in [0.717, 1.165) is 15.4 Å². The number of aliphatic hydroxyl groups excluding tert-OH is 1. The molecule has 0 unspecified atom stereocenters. The fraction of sp³-hybridized carbons (Fsp3) is 0.200. The molecule has 13 heavy (non-hydrogen) atoms. The van der Waals surface area contributed by atoms with Gasteiger partial charge in [-0.15, -0.1) is 0 Å². The van der Waals surface area contributed by atoms with E-state index in [9.17, 15) is 5.11 Å². The zero-order valence-electron chi connectivity index (χ0n) is 7.12. The Morgan fingerprint density at radius 1 is 1.38 bits per heavy atom. The van der Waals surface area contributed by atoms with Crippen molar-refractivity contribution in [1.29, 1.82) is 0 Å². The average molecular weight is 241 g/mol. The van der Waals surface area contributed by atoms with Crippen molar-refractivity contribution in [2.24, 2.45) is 0 Å². The predicted molar refractivity (Wildman–Crippen MR) is 54.5 cm³/mol. The van der Waals surface area contributed by atoms with E-state index in [4.69, 9.17) is 4.42 Å². The summed E-state index contributed by atoms with van der Waals surface area (Å²) in [6, 6.07) is 7.61. The molecule has 0 spiro atoms. The number of fused-ring (bicyclic) bond motifs is 1. The van der Waals surface area contributed by atoms with Crippen molar-refractivity contribution in [2.45, 2.75) is 13.0 Å². The maximum Gasteiger partial charge on any atom is 0.134 e. The molecule has 0 aliphatic carbocycles. The Morgan fingerprint density at radius 2 is 2.15 bits per heavy atom. The molecule has 0 radical (unpaired) electrons. The molecule has 1 aromatic heterocycles. The van der Waals surface area contributed by atoms with Crippen LogP contribution >= 0.6 is 15.9 Å². The van der Waals surface area contributed by atoms with Gasteiger partial charge in [0.05, 0.1) is 0 Å². The van der Waals surface area contributed by atoms with Crippen LogP contribution in [0.15, 0.2) is 33.2 Å². The molecule has 0 saturated carbocycles. The largest absolute Gasteiger partial charge is 0.458 e. The molecule has 1 atom stereocenters. The van der Waals surface area contributed by atoms with E-state index in [2.05, 4.69) is 15.9 Å².